The summed E-state index contributed by atoms with van der Waals surface area (Å²) in [4.78, 5) is 14.4. The van der Waals surface area contributed by atoms with Gasteiger partial charge in [-0.15, -0.1) is 0 Å². The molecule has 1 saturated heterocycles. The summed E-state index contributed by atoms with van der Waals surface area (Å²) in [7, 11) is 0. The number of aliphatic hydroxyl groups excluding tert-OH is 1. The molecule has 1 fully saturated rings. The molecule has 3 rings (SSSR count). The van der Waals surface area contributed by atoms with Gasteiger partial charge in [0, 0.05) is 30.6 Å². The predicted molar refractivity (Wildman–Crippen MR) is 91.7 cm³/mol. The molecular formula is C19H25NO3. The molecule has 2 aromatic rings. The van der Waals surface area contributed by atoms with E-state index >= 15 is 0 Å². The van der Waals surface area contributed by atoms with E-state index in [-0.39, 0.29) is 12.2 Å². The highest BCUT2D eigenvalue weighted by molar-refractivity contribution is 5.81. The van der Waals surface area contributed by atoms with Crippen LogP contribution >= 0.6 is 0 Å². The largest absolute Gasteiger partial charge is 0.423 e. The van der Waals surface area contributed by atoms with Crippen molar-refractivity contribution in [2.45, 2.75) is 52.1 Å². The van der Waals surface area contributed by atoms with Gasteiger partial charge in [-0.3, -0.25) is 4.90 Å². The summed E-state index contributed by atoms with van der Waals surface area (Å²) < 4.78 is 5.39. The number of aryl methyl sites for hydroxylation is 2. The number of aliphatic hydroxyl groups is 1. The molecule has 1 aliphatic heterocycles. The zero-order valence-corrected chi connectivity index (χ0v) is 14.0. The van der Waals surface area contributed by atoms with Gasteiger partial charge in [0.05, 0.1) is 0 Å². The fourth-order valence-electron chi connectivity index (χ4n) is 3.59. The summed E-state index contributed by atoms with van der Waals surface area (Å²) >= 11 is 0. The first-order valence-electron chi connectivity index (χ1n) is 8.47. The van der Waals surface area contributed by atoms with Crippen LogP contribution in [0.4, 0.5) is 0 Å². The van der Waals surface area contributed by atoms with Crippen molar-refractivity contribution in [1.29, 1.82) is 0 Å². The number of fused-ring (bicyclic) bond motifs is 1. The van der Waals surface area contributed by atoms with Crippen LogP contribution in [0.1, 0.15) is 42.4 Å². The van der Waals surface area contributed by atoms with Gasteiger partial charge in [0.2, 0.25) is 0 Å². The van der Waals surface area contributed by atoms with Crippen molar-refractivity contribution in [3.63, 3.8) is 0 Å². The third kappa shape index (κ3) is 3.48. The van der Waals surface area contributed by atoms with E-state index in [1.807, 2.05) is 13.0 Å². The first kappa shape index (κ1) is 16.2. The molecule has 0 radical (unpaired) electrons. The Morgan fingerprint density at radius 1 is 1.26 bits per heavy atom. The van der Waals surface area contributed by atoms with Crippen molar-refractivity contribution < 1.29 is 9.52 Å². The van der Waals surface area contributed by atoms with Crippen molar-refractivity contribution in [3.05, 3.63) is 45.3 Å². The molecule has 2 heterocycles. The third-order valence-corrected chi connectivity index (χ3v) is 5.01. The lowest BCUT2D eigenvalue weighted by atomic mass is 10.0. The van der Waals surface area contributed by atoms with Gasteiger partial charge in [-0.25, -0.2) is 4.79 Å². The highest BCUT2D eigenvalue weighted by Gasteiger charge is 2.24. The van der Waals surface area contributed by atoms with Crippen molar-refractivity contribution in [3.8, 4) is 0 Å². The van der Waals surface area contributed by atoms with Gasteiger partial charge in [0.25, 0.3) is 0 Å². The number of nitrogens with zero attached hydrogens (tertiary/aromatic N) is 1. The second-order valence-corrected chi connectivity index (χ2v) is 6.66. The van der Waals surface area contributed by atoms with E-state index in [0.717, 1.165) is 42.4 Å². The quantitative estimate of drug-likeness (QED) is 0.861. The monoisotopic (exact) mass is 315 g/mol. The first-order valence-corrected chi connectivity index (χ1v) is 8.47. The standard InChI is InChI=1S/C19H25NO3/c1-13-9-17-15(11-19(22)23-18(17)10-14(13)2)12-20-7-3-5-16(20)6-4-8-21/h9-11,16,21H,3-8,12H2,1-2H3. The van der Waals surface area contributed by atoms with E-state index in [4.69, 9.17) is 9.52 Å². The van der Waals surface area contributed by atoms with E-state index in [9.17, 15) is 4.79 Å². The Morgan fingerprint density at radius 2 is 2.04 bits per heavy atom. The SMILES string of the molecule is Cc1cc2oc(=O)cc(CN3CCCC3CCCO)c2cc1C. The number of likely N-dealkylation sites (tertiary alicyclic amines) is 1. The zero-order chi connectivity index (χ0) is 16.4. The second-order valence-electron chi connectivity index (χ2n) is 6.66. The maximum absolute atomic E-state index is 11.9. The fourth-order valence-corrected chi connectivity index (χ4v) is 3.59. The second kappa shape index (κ2) is 6.85. The van der Waals surface area contributed by atoms with Gasteiger partial charge in [-0.1, -0.05) is 0 Å². The van der Waals surface area contributed by atoms with Crippen LogP contribution in [0.3, 0.4) is 0 Å². The summed E-state index contributed by atoms with van der Waals surface area (Å²) in [5, 5.41) is 10.1. The lowest BCUT2D eigenvalue weighted by molar-refractivity contribution is 0.210. The maximum atomic E-state index is 11.9. The van der Waals surface area contributed by atoms with Crippen molar-refractivity contribution >= 4 is 11.0 Å². The predicted octanol–water partition coefficient (Wildman–Crippen LogP) is 3.15. The fraction of sp³-hybridized carbons (Fsp3) is 0.526. The topological polar surface area (TPSA) is 53.7 Å². The highest BCUT2D eigenvalue weighted by Crippen LogP contribution is 2.27. The van der Waals surface area contributed by atoms with Crippen molar-refractivity contribution in [2.24, 2.45) is 0 Å². The lowest BCUT2D eigenvalue weighted by Crippen LogP contribution is -2.29. The molecule has 4 nitrogen and oxygen atoms in total. The van der Waals surface area contributed by atoms with E-state index in [1.165, 1.54) is 18.4 Å². The average Bonchev–Trinajstić information content (AvgIpc) is 2.94. The van der Waals surface area contributed by atoms with Crippen LogP contribution in [0.25, 0.3) is 11.0 Å². The summed E-state index contributed by atoms with van der Waals surface area (Å²) in [6, 6.07) is 6.24. The molecule has 4 heteroatoms. The molecule has 1 atom stereocenters. The summed E-state index contributed by atoms with van der Waals surface area (Å²) in [5.41, 5.74) is 3.81. The van der Waals surface area contributed by atoms with Crippen molar-refractivity contribution in [2.75, 3.05) is 13.2 Å². The van der Waals surface area contributed by atoms with Crippen LogP contribution < -0.4 is 5.63 Å². The number of benzene rings is 1. The number of rotatable bonds is 5. The summed E-state index contributed by atoms with van der Waals surface area (Å²) in [6.45, 7) is 6.21. The van der Waals surface area contributed by atoms with Gasteiger partial charge >= 0.3 is 5.63 Å². The minimum Gasteiger partial charge on any atom is -0.423 e. The zero-order valence-electron chi connectivity index (χ0n) is 14.0. The molecule has 0 amide bonds. The molecule has 124 valence electrons. The number of hydrogen-bond donors (Lipinski definition) is 1. The Morgan fingerprint density at radius 3 is 2.83 bits per heavy atom. The van der Waals surface area contributed by atoms with Gasteiger partial charge in [0.15, 0.2) is 0 Å². The molecular weight excluding hydrogens is 290 g/mol. The molecule has 23 heavy (non-hydrogen) atoms. The van der Waals surface area contributed by atoms with Crippen molar-refractivity contribution in [1.82, 2.24) is 4.90 Å². The molecule has 0 saturated carbocycles. The Hall–Kier alpha value is -1.65. The van der Waals surface area contributed by atoms with E-state index in [0.29, 0.717) is 11.6 Å². The molecule has 0 aliphatic carbocycles. The average molecular weight is 315 g/mol. The van der Waals surface area contributed by atoms with Crippen LogP contribution in [-0.4, -0.2) is 29.2 Å². The Bertz CT molecular complexity index is 750. The van der Waals surface area contributed by atoms with Crippen LogP contribution in [0.15, 0.2) is 27.4 Å². The molecule has 1 aliphatic rings. The molecule has 0 bridgehead atoms. The number of hydrogen-bond acceptors (Lipinski definition) is 4. The van der Waals surface area contributed by atoms with Crippen LogP contribution in [0, 0.1) is 13.8 Å². The Labute approximate surface area is 136 Å². The molecule has 1 aromatic heterocycles. The van der Waals surface area contributed by atoms with Crippen LogP contribution in [0.5, 0.6) is 0 Å². The van der Waals surface area contributed by atoms with E-state index < -0.39 is 0 Å². The molecule has 1 aromatic carbocycles. The van der Waals surface area contributed by atoms with Crippen LogP contribution in [0.2, 0.25) is 0 Å². The Balaban J connectivity index is 1.93. The van der Waals surface area contributed by atoms with Crippen LogP contribution in [-0.2, 0) is 6.54 Å². The van der Waals surface area contributed by atoms with Gasteiger partial charge in [0.1, 0.15) is 5.58 Å². The minimum atomic E-state index is -0.276. The Kier molecular flexibility index (Phi) is 4.83. The normalized spacial score (nSPS) is 18.8. The highest BCUT2D eigenvalue weighted by atomic mass is 16.4. The maximum Gasteiger partial charge on any atom is 0.336 e. The summed E-state index contributed by atoms with van der Waals surface area (Å²) in [6.07, 6.45) is 4.23. The summed E-state index contributed by atoms with van der Waals surface area (Å²) in [5.74, 6) is 0. The smallest absolute Gasteiger partial charge is 0.336 e. The third-order valence-electron chi connectivity index (χ3n) is 5.01. The van der Waals surface area contributed by atoms with E-state index in [2.05, 4.69) is 17.9 Å². The van der Waals surface area contributed by atoms with E-state index in [1.54, 1.807) is 6.07 Å². The molecule has 1 N–H and O–H groups in total. The molecule has 1 unspecified atom stereocenters. The first-order chi connectivity index (χ1) is 11.1. The molecule has 0 spiro atoms. The van der Waals surface area contributed by atoms with Gasteiger partial charge < -0.3 is 9.52 Å². The van der Waals surface area contributed by atoms with Gasteiger partial charge in [-0.2, -0.15) is 0 Å². The van der Waals surface area contributed by atoms with Gasteiger partial charge in [-0.05, 0) is 74.9 Å². The minimum absolute atomic E-state index is 0.251. The lowest BCUT2D eigenvalue weighted by Gasteiger charge is -2.24.